The molecule has 3 rings (SSSR count). The molecular weight excluding hydrogens is 268 g/mol. The average Bonchev–Trinajstić information content (AvgIpc) is 2.87. The first-order chi connectivity index (χ1) is 10.1. The molecule has 0 bridgehead atoms. The highest BCUT2D eigenvalue weighted by molar-refractivity contribution is 5.90. The van der Waals surface area contributed by atoms with Crippen molar-refractivity contribution in [2.45, 2.75) is 19.8 Å². The van der Waals surface area contributed by atoms with Crippen LogP contribution in [0.1, 0.15) is 18.4 Å². The first kappa shape index (κ1) is 13.7. The minimum Gasteiger partial charge on any atom is -0.356 e. The Labute approximate surface area is 122 Å². The lowest BCUT2D eigenvalue weighted by Crippen LogP contribution is -2.40. The van der Waals surface area contributed by atoms with Crippen molar-refractivity contribution < 1.29 is 4.79 Å². The summed E-state index contributed by atoms with van der Waals surface area (Å²) in [7, 11) is 0. The first-order valence-corrected chi connectivity index (χ1v) is 7.22. The van der Waals surface area contributed by atoms with Gasteiger partial charge in [0.2, 0.25) is 0 Å². The molecule has 3 heterocycles. The van der Waals surface area contributed by atoms with Gasteiger partial charge >= 0.3 is 6.03 Å². The van der Waals surface area contributed by atoms with Crippen molar-refractivity contribution >= 4 is 22.9 Å². The molecule has 1 aliphatic rings. The van der Waals surface area contributed by atoms with Crippen molar-refractivity contribution in [1.29, 1.82) is 0 Å². The van der Waals surface area contributed by atoms with E-state index in [9.17, 15) is 4.79 Å². The zero-order valence-corrected chi connectivity index (χ0v) is 12.1. The summed E-state index contributed by atoms with van der Waals surface area (Å²) in [5.74, 6) is 1.48. The van der Waals surface area contributed by atoms with Gasteiger partial charge in [-0.05, 0) is 31.2 Å². The number of aryl methyl sites for hydroxylation is 1. The Balaban J connectivity index is 1.71. The molecular formula is C14H20N6O. The van der Waals surface area contributed by atoms with Crippen molar-refractivity contribution in [2.75, 3.05) is 24.5 Å². The van der Waals surface area contributed by atoms with Crippen LogP contribution in [0.25, 0.3) is 11.0 Å². The van der Waals surface area contributed by atoms with Crippen LogP contribution in [-0.4, -0.2) is 40.6 Å². The van der Waals surface area contributed by atoms with Gasteiger partial charge in [0.1, 0.15) is 17.8 Å². The van der Waals surface area contributed by atoms with Gasteiger partial charge in [0.05, 0.1) is 5.39 Å². The quantitative estimate of drug-likeness (QED) is 0.788. The predicted octanol–water partition coefficient (Wildman–Crippen LogP) is 1.15. The Kier molecular flexibility index (Phi) is 3.64. The van der Waals surface area contributed by atoms with E-state index in [1.807, 2.05) is 6.20 Å². The van der Waals surface area contributed by atoms with Gasteiger partial charge < -0.3 is 20.9 Å². The zero-order valence-electron chi connectivity index (χ0n) is 12.1. The molecule has 0 spiro atoms. The van der Waals surface area contributed by atoms with Crippen molar-refractivity contribution in [2.24, 2.45) is 11.7 Å². The number of rotatable bonds is 3. The van der Waals surface area contributed by atoms with E-state index in [4.69, 9.17) is 5.73 Å². The molecule has 112 valence electrons. The number of carbonyl (C=O) groups excluding carboxylic acids is 1. The van der Waals surface area contributed by atoms with Gasteiger partial charge in [0, 0.05) is 25.8 Å². The highest BCUT2D eigenvalue weighted by Crippen LogP contribution is 2.29. The number of amides is 2. The molecule has 0 aromatic carbocycles. The summed E-state index contributed by atoms with van der Waals surface area (Å²) in [5.41, 5.74) is 7.16. The molecule has 0 saturated carbocycles. The Hall–Kier alpha value is -2.31. The van der Waals surface area contributed by atoms with Gasteiger partial charge in [-0.15, -0.1) is 0 Å². The lowest BCUT2D eigenvalue weighted by molar-refractivity contribution is 0.245. The molecule has 1 aliphatic heterocycles. The van der Waals surface area contributed by atoms with Crippen LogP contribution in [0, 0.1) is 12.8 Å². The van der Waals surface area contributed by atoms with Crippen LogP contribution in [-0.2, 0) is 0 Å². The normalized spacial score (nSPS) is 16.3. The van der Waals surface area contributed by atoms with Crippen molar-refractivity contribution in [3.63, 3.8) is 0 Å². The minimum atomic E-state index is -0.446. The van der Waals surface area contributed by atoms with Crippen LogP contribution in [0.4, 0.5) is 10.6 Å². The number of anilines is 1. The van der Waals surface area contributed by atoms with Gasteiger partial charge in [-0.3, -0.25) is 0 Å². The Bertz CT molecular complexity index is 644. The number of fused-ring (bicyclic) bond motifs is 1. The summed E-state index contributed by atoms with van der Waals surface area (Å²) in [5, 5.41) is 3.80. The molecule has 7 heteroatoms. The van der Waals surface area contributed by atoms with E-state index in [0.29, 0.717) is 12.5 Å². The molecule has 7 nitrogen and oxygen atoms in total. The SMILES string of the molecule is Cc1c[nH]c2ncnc(N3CCC(CNC(N)=O)CC3)c12. The standard InChI is InChI=1S/C14H20N6O/c1-9-6-16-12-11(9)13(19-8-18-12)20-4-2-10(3-5-20)7-17-14(15)21/h6,8,10H,2-5,7H2,1H3,(H3,15,17,21)(H,16,18,19). The molecule has 2 amide bonds. The number of aromatic nitrogens is 3. The van der Waals surface area contributed by atoms with E-state index in [2.05, 4.69) is 32.1 Å². The molecule has 0 unspecified atom stereocenters. The van der Waals surface area contributed by atoms with Gasteiger partial charge in [-0.1, -0.05) is 0 Å². The summed E-state index contributed by atoms with van der Waals surface area (Å²) in [6.07, 6.45) is 5.62. The van der Waals surface area contributed by atoms with Gasteiger partial charge in [0.25, 0.3) is 0 Å². The smallest absolute Gasteiger partial charge is 0.312 e. The van der Waals surface area contributed by atoms with Crippen molar-refractivity contribution in [3.8, 4) is 0 Å². The monoisotopic (exact) mass is 288 g/mol. The highest BCUT2D eigenvalue weighted by atomic mass is 16.2. The number of urea groups is 1. The summed E-state index contributed by atoms with van der Waals surface area (Å²) in [6, 6.07) is -0.446. The predicted molar refractivity (Wildman–Crippen MR) is 81.1 cm³/mol. The molecule has 2 aromatic heterocycles. The number of hydrogen-bond acceptors (Lipinski definition) is 4. The summed E-state index contributed by atoms with van der Waals surface area (Å²) < 4.78 is 0. The van der Waals surface area contributed by atoms with Crippen molar-refractivity contribution in [3.05, 3.63) is 18.1 Å². The second kappa shape index (κ2) is 5.59. The maximum Gasteiger partial charge on any atom is 0.312 e. The molecule has 0 radical (unpaired) electrons. The van der Waals surface area contributed by atoms with Crippen LogP contribution in [0.3, 0.4) is 0 Å². The van der Waals surface area contributed by atoms with E-state index in [1.54, 1.807) is 6.33 Å². The molecule has 0 aliphatic carbocycles. The van der Waals surface area contributed by atoms with Crippen molar-refractivity contribution in [1.82, 2.24) is 20.3 Å². The fourth-order valence-corrected chi connectivity index (χ4v) is 2.93. The molecule has 2 aromatic rings. The lowest BCUT2D eigenvalue weighted by atomic mass is 9.96. The van der Waals surface area contributed by atoms with E-state index in [0.717, 1.165) is 48.3 Å². The topological polar surface area (TPSA) is 99.9 Å². The van der Waals surface area contributed by atoms with E-state index < -0.39 is 6.03 Å². The van der Waals surface area contributed by atoms with Crippen LogP contribution in [0.5, 0.6) is 0 Å². The van der Waals surface area contributed by atoms with Crippen LogP contribution >= 0.6 is 0 Å². The number of H-pyrrole nitrogens is 1. The number of hydrogen-bond donors (Lipinski definition) is 3. The summed E-state index contributed by atoms with van der Waals surface area (Å²) in [6.45, 7) is 4.59. The third kappa shape index (κ3) is 2.76. The third-order valence-electron chi connectivity index (χ3n) is 4.13. The fraction of sp³-hybridized carbons (Fsp3) is 0.500. The maximum atomic E-state index is 10.8. The third-order valence-corrected chi connectivity index (χ3v) is 4.13. The number of nitrogens with one attached hydrogen (secondary N) is 2. The molecule has 0 atom stereocenters. The number of piperidine rings is 1. The molecule has 1 fully saturated rings. The Morgan fingerprint density at radius 1 is 1.48 bits per heavy atom. The second-order valence-electron chi connectivity index (χ2n) is 5.57. The van der Waals surface area contributed by atoms with Crippen LogP contribution in [0.2, 0.25) is 0 Å². The summed E-state index contributed by atoms with van der Waals surface area (Å²) in [4.78, 5) is 25.0. The first-order valence-electron chi connectivity index (χ1n) is 7.22. The fourth-order valence-electron chi connectivity index (χ4n) is 2.93. The van der Waals surface area contributed by atoms with Gasteiger partial charge in [-0.25, -0.2) is 14.8 Å². The number of aromatic amines is 1. The molecule has 4 N–H and O–H groups in total. The largest absolute Gasteiger partial charge is 0.356 e. The molecule has 1 saturated heterocycles. The minimum absolute atomic E-state index is 0.446. The summed E-state index contributed by atoms with van der Waals surface area (Å²) >= 11 is 0. The zero-order chi connectivity index (χ0) is 14.8. The van der Waals surface area contributed by atoms with Crippen LogP contribution in [0.15, 0.2) is 12.5 Å². The van der Waals surface area contributed by atoms with Crippen LogP contribution < -0.4 is 16.0 Å². The van der Waals surface area contributed by atoms with E-state index >= 15 is 0 Å². The van der Waals surface area contributed by atoms with E-state index in [-0.39, 0.29) is 0 Å². The maximum absolute atomic E-state index is 10.8. The highest BCUT2D eigenvalue weighted by Gasteiger charge is 2.22. The number of carbonyl (C=O) groups is 1. The average molecular weight is 288 g/mol. The van der Waals surface area contributed by atoms with Gasteiger partial charge in [0.15, 0.2) is 0 Å². The Morgan fingerprint density at radius 3 is 2.95 bits per heavy atom. The van der Waals surface area contributed by atoms with Gasteiger partial charge in [-0.2, -0.15) is 0 Å². The number of nitrogens with two attached hydrogens (primary N) is 1. The number of primary amides is 1. The molecule has 21 heavy (non-hydrogen) atoms. The van der Waals surface area contributed by atoms with E-state index in [1.165, 1.54) is 0 Å². The Morgan fingerprint density at radius 2 is 2.24 bits per heavy atom. The lowest BCUT2D eigenvalue weighted by Gasteiger charge is -2.33. The second-order valence-corrected chi connectivity index (χ2v) is 5.57. The number of nitrogens with zero attached hydrogens (tertiary/aromatic N) is 3.